The quantitative estimate of drug-likeness (QED) is 0.234. The van der Waals surface area contributed by atoms with Gasteiger partial charge in [0.2, 0.25) is 17.5 Å². The van der Waals surface area contributed by atoms with E-state index < -0.39 is 77.3 Å². The number of nitrogens with one attached hydrogen (secondary N) is 1. The number of nitrogens with zero attached hydrogens (tertiary/aromatic N) is 2. The normalized spacial score (nSPS) is 12.8. The topological polar surface area (TPSA) is 128 Å². The van der Waals surface area contributed by atoms with Crippen molar-refractivity contribution in [2.24, 2.45) is 0 Å². The van der Waals surface area contributed by atoms with E-state index in [-0.39, 0.29) is 17.9 Å². The van der Waals surface area contributed by atoms with Gasteiger partial charge in [0.15, 0.2) is 23.2 Å². The number of carbonyl (C=O) groups excluding carboxylic acids is 2. The van der Waals surface area contributed by atoms with E-state index in [0.29, 0.717) is 12.1 Å². The van der Waals surface area contributed by atoms with Crippen LogP contribution in [0.2, 0.25) is 0 Å². The van der Waals surface area contributed by atoms with Crippen molar-refractivity contribution in [1.82, 2.24) is 15.1 Å². The first-order valence-electron chi connectivity index (χ1n) is 13.3. The number of hydrogen-bond donors (Lipinski definition) is 2. The Hall–Kier alpha value is -4.55. The number of carbonyl (C=O) groups is 3. The summed E-state index contributed by atoms with van der Waals surface area (Å²) in [4.78, 5) is 50.1. The monoisotopic (exact) mass is 605 g/mol. The molecule has 0 saturated carbocycles. The van der Waals surface area contributed by atoms with Crippen LogP contribution in [0.5, 0.6) is 5.75 Å². The predicted molar refractivity (Wildman–Crippen MR) is 147 cm³/mol. The van der Waals surface area contributed by atoms with Gasteiger partial charge in [-0.1, -0.05) is 52.0 Å². The van der Waals surface area contributed by atoms with E-state index in [1.54, 1.807) is 6.92 Å². The van der Waals surface area contributed by atoms with Crippen LogP contribution in [0, 0.1) is 23.3 Å². The van der Waals surface area contributed by atoms with Crippen LogP contribution >= 0.6 is 0 Å². The highest BCUT2D eigenvalue weighted by Gasteiger charge is 2.30. The second kappa shape index (κ2) is 13.6. The van der Waals surface area contributed by atoms with E-state index in [2.05, 4.69) is 35.9 Å². The fraction of sp³-hybridized carbons (Fsp3) is 0.367. The smallest absolute Gasteiger partial charge is 0.305 e. The molecule has 0 aliphatic rings. The lowest BCUT2D eigenvalue weighted by molar-refractivity contribution is -0.140. The van der Waals surface area contributed by atoms with Crippen LogP contribution in [0.3, 0.4) is 0 Å². The van der Waals surface area contributed by atoms with Gasteiger partial charge >= 0.3 is 5.97 Å². The van der Waals surface area contributed by atoms with E-state index in [9.17, 15) is 41.8 Å². The number of halogens is 4. The van der Waals surface area contributed by atoms with Crippen molar-refractivity contribution in [3.63, 3.8) is 0 Å². The molecule has 3 aromatic rings. The van der Waals surface area contributed by atoms with Gasteiger partial charge in [-0.15, -0.1) is 0 Å². The number of carboxylic acid groups (broad SMARTS) is 1. The summed E-state index contributed by atoms with van der Waals surface area (Å²) < 4.78 is 60.4. The number of aliphatic carboxylic acids is 1. The number of rotatable bonds is 12. The molecule has 0 spiro atoms. The van der Waals surface area contributed by atoms with Crippen molar-refractivity contribution in [2.75, 3.05) is 6.61 Å². The van der Waals surface area contributed by atoms with Crippen LogP contribution in [0.1, 0.15) is 63.4 Å². The number of benzene rings is 2. The number of ketones is 1. The van der Waals surface area contributed by atoms with Gasteiger partial charge in [0.1, 0.15) is 18.7 Å². The SMILES string of the molecule is CCC(C(=O)NC(CC(=O)O)C(=O)COc1c(F)c(F)cc(F)c1F)n1nc(Cc2ccccc2C(C)(C)C)ccc1=O. The van der Waals surface area contributed by atoms with E-state index in [4.69, 9.17) is 0 Å². The summed E-state index contributed by atoms with van der Waals surface area (Å²) in [6.45, 7) is 6.51. The van der Waals surface area contributed by atoms with Gasteiger partial charge in [-0.3, -0.25) is 19.2 Å². The fourth-order valence-corrected chi connectivity index (χ4v) is 4.46. The summed E-state index contributed by atoms with van der Waals surface area (Å²) in [6.07, 6.45) is -0.597. The third kappa shape index (κ3) is 8.05. The molecule has 230 valence electrons. The van der Waals surface area contributed by atoms with E-state index >= 15 is 0 Å². The van der Waals surface area contributed by atoms with Gasteiger partial charge in [-0.05, 0) is 29.0 Å². The Morgan fingerprint density at radius 2 is 1.65 bits per heavy atom. The third-order valence-electron chi connectivity index (χ3n) is 6.58. The van der Waals surface area contributed by atoms with Gasteiger partial charge in [-0.2, -0.15) is 13.9 Å². The second-order valence-electron chi connectivity index (χ2n) is 10.8. The van der Waals surface area contributed by atoms with Crippen molar-refractivity contribution in [1.29, 1.82) is 0 Å². The molecule has 0 aliphatic heterocycles. The maximum Gasteiger partial charge on any atom is 0.305 e. The number of Topliss-reactive ketones (excluding diaryl/α,β-unsaturated/α-hetero) is 1. The van der Waals surface area contributed by atoms with Crippen LogP contribution in [0.15, 0.2) is 47.3 Å². The lowest BCUT2D eigenvalue weighted by atomic mass is 9.82. The number of ether oxygens (including phenoxy) is 1. The summed E-state index contributed by atoms with van der Waals surface area (Å²) in [5.41, 5.74) is 1.70. The molecular weight excluding hydrogens is 574 g/mol. The minimum atomic E-state index is -1.90. The average molecular weight is 606 g/mol. The summed E-state index contributed by atoms with van der Waals surface area (Å²) >= 11 is 0. The molecule has 1 heterocycles. The van der Waals surface area contributed by atoms with E-state index in [0.717, 1.165) is 15.8 Å². The molecule has 1 amide bonds. The van der Waals surface area contributed by atoms with Crippen molar-refractivity contribution < 1.29 is 41.8 Å². The summed E-state index contributed by atoms with van der Waals surface area (Å²) in [5, 5.41) is 15.9. The Bertz CT molecular complexity index is 1560. The first-order valence-corrected chi connectivity index (χ1v) is 13.3. The number of carboxylic acids is 1. The van der Waals surface area contributed by atoms with E-state index in [1.807, 2.05) is 24.3 Å². The van der Waals surface area contributed by atoms with Crippen molar-refractivity contribution >= 4 is 17.7 Å². The molecule has 0 aliphatic carbocycles. The molecule has 0 bridgehead atoms. The zero-order valence-corrected chi connectivity index (χ0v) is 23.9. The standard InChI is InChI=1S/C30H31F4N3O6/c1-5-22(37-24(39)11-10-17(36-37)12-16-8-6-7-9-18(16)30(2,3)4)29(42)35-21(14-25(40)41)23(38)15-43-28-26(33)19(31)13-20(32)27(28)34/h6-11,13,21-22H,5,12,14-15H2,1-4H3,(H,35,42)(H,40,41). The average Bonchev–Trinajstić information content (AvgIpc) is 2.93. The van der Waals surface area contributed by atoms with Crippen molar-refractivity contribution in [3.8, 4) is 5.75 Å². The Labute approximate surface area is 244 Å². The zero-order valence-electron chi connectivity index (χ0n) is 23.9. The molecule has 2 atom stereocenters. The van der Waals surface area contributed by atoms with Crippen LogP contribution in [0.4, 0.5) is 17.6 Å². The molecule has 2 aromatic carbocycles. The van der Waals surface area contributed by atoms with Crippen molar-refractivity contribution in [3.05, 3.63) is 92.9 Å². The van der Waals surface area contributed by atoms with Gasteiger partial charge in [0.05, 0.1) is 12.1 Å². The largest absolute Gasteiger partial charge is 0.481 e. The van der Waals surface area contributed by atoms with Gasteiger partial charge in [0, 0.05) is 18.6 Å². The number of aromatic nitrogens is 2. The first-order chi connectivity index (χ1) is 20.1. The van der Waals surface area contributed by atoms with Crippen LogP contribution in [0.25, 0.3) is 0 Å². The number of hydrogen-bond acceptors (Lipinski definition) is 6. The Morgan fingerprint density at radius 1 is 1.02 bits per heavy atom. The first kappa shape index (κ1) is 33.0. The van der Waals surface area contributed by atoms with Crippen LogP contribution in [-0.4, -0.2) is 45.2 Å². The van der Waals surface area contributed by atoms with Crippen LogP contribution in [-0.2, 0) is 26.2 Å². The minimum Gasteiger partial charge on any atom is -0.481 e. The molecule has 2 unspecified atom stereocenters. The molecular formula is C30H31F4N3O6. The maximum absolute atomic E-state index is 13.9. The fourth-order valence-electron chi connectivity index (χ4n) is 4.46. The molecule has 0 fully saturated rings. The third-order valence-corrected chi connectivity index (χ3v) is 6.58. The Morgan fingerprint density at radius 3 is 2.23 bits per heavy atom. The molecule has 2 N–H and O–H groups in total. The Kier molecular flexibility index (Phi) is 10.4. The zero-order chi connectivity index (χ0) is 32.1. The Balaban J connectivity index is 1.84. The minimum absolute atomic E-state index is 0.0181. The van der Waals surface area contributed by atoms with E-state index in [1.165, 1.54) is 12.1 Å². The summed E-state index contributed by atoms with van der Waals surface area (Å²) in [6, 6.07) is 7.40. The van der Waals surface area contributed by atoms with Gasteiger partial charge < -0.3 is 15.2 Å². The molecule has 43 heavy (non-hydrogen) atoms. The summed E-state index contributed by atoms with van der Waals surface area (Å²) in [7, 11) is 0. The molecule has 9 nitrogen and oxygen atoms in total. The highest BCUT2D eigenvalue weighted by atomic mass is 19.2. The number of amides is 1. The second-order valence-corrected chi connectivity index (χ2v) is 10.8. The lowest BCUT2D eigenvalue weighted by Gasteiger charge is -2.23. The highest BCUT2D eigenvalue weighted by molar-refractivity contribution is 5.93. The summed E-state index contributed by atoms with van der Waals surface area (Å²) in [5.74, 6) is -12.5. The predicted octanol–water partition coefficient (Wildman–Crippen LogP) is 4.25. The molecule has 1 aromatic heterocycles. The van der Waals surface area contributed by atoms with Gasteiger partial charge in [-0.25, -0.2) is 13.5 Å². The van der Waals surface area contributed by atoms with Crippen LogP contribution < -0.4 is 15.6 Å². The molecule has 0 saturated heterocycles. The molecule has 0 radical (unpaired) electrons. The molecule has 13 heteroatoms. The van der Waals surface area contributed by atoms with Crippen molar-refractivity contribution in [2.45, 2.75) is 64.5 Å². The highest BCUT2D eigenvalue weighted by Crippen LogP contribution is 2.28. The lowest BCUT2D eigenvalue weighted by Crippen LogP contribution is -2.48. The van der Waals surface area contributed by atoms with Gasteiger partial charge in [0.25, 0.3) is 5.56 Å². The molecule has 3 rings (SSSR count). The maximum atomic E-state index is 13.9.